The quantitative estimate of drug-likeness (QED) is 0.667. The first-order valence-electron chi connectivity index (χ1n) is 8.50. The second-order valence-corrected chi connectivity index (χ2v) is 7.49. The Balaban J connectivity index is 1.69. The summed E-state index contributed by atoms with van der Waals surface area (Å²) < 4.78 is 13.9. The Bertz CT molecular complexity index is 1000. The van der Waals surface area contributed by atoms with E-state index < -0.39 is 18.3 Å². The first kappa shape index (κ1) is 16.8. The molecule has 1 saturated heterocycles. The highest BCUT2D eigenvalue weighted by Gasteiger charge is 2.52. The maximum atomic E-state index is 8.94. The second kappa shape index (κ2) is 5.66. The van der Waals surface area contributed by atoms with Gasteiger partial charge in [0.25, 0.3) is 0 Å². The van der Waals surface area contributed by atoms with Gasteiger partial charge >= 0.3 is 7.12 Å². The lowest BCUT2D eigenvalue weighted by atomic mass is 9.81. The Hall–Kier alpha value is -2.69. The molecule has 0 spiro atoms. The lowest BCUT2D eigenvalue weighted by Gasteiger charge is -2.32. The van der Waals surface area contributed by atoms with Gasteiger partial charge in [0.1, 0.15) is 0 Å². The zero-order valence-corrected chi connectivity index (χ0v) is 15.2. The van der Waals surface area contributed by atoms with Gasteiger partial charge in [-0.3, -0.25) is 0 Å². The van der Waals surface area contributed by atoms with Crippen LogP contribution >= 0.6 is 0 Å². The van der Waals surface area contributed by atoms with Crippen molar-refractivity contribution < 1.29 is 9.31 Å². The average molecular weight is 346 g/mol. The highest BCUT2D eigenvalue weighted by molar-refractivity contribution is 6.61. The van der Waals surface area contributed by atoms with Crippen molar-refractivity contribution in [3.05, 3.63) is 48.4 Å². The fourth-order valence-corrected chi connectivity index (χ4v) is 2.92. The Kier molecular flexibility index (Phi) is 3.65. The predicted molar refractivity (Wildman–Crippen MR) is 98.9 cm³/mol. The summed E-state index contributed by atoms with van der Waals surface area (Å²) in [7, 11) is -0.473. The van der Waals surface area contributed by atoms with E-state index in [2.05, 4.69) is 16.2 Å². The summed E-state index contributed by atoms with van der Waals surface area (Å²) in [4.78, 5) is 4.58. The van der Waals surface area contributed by atoms with Crippen molar-refractivity contribution in [3.8, 4) is 17.2 Å². The Labute approximate surface area is 152 Å². The molecule has 3 heterocycles. The van der Waals surface area contributed by atoms with Crippen molar-refractivity contribution in [2.75, 3.05) is 0 Å². The summed E-state index contributed by atoms with van der Waals surface area (Å²) in [5.41, 5.74) is 3.28. The van der Waals surface area contributed by atoms with E-state index in [0.29, 0.717) is 5.56 Å². The van der Waals surface area contributed by atoms with E-state index in [-0.39, 0.29) is 0 Å². The number of benzene rings is 1. The van der Waals surface area contributed by atoms with Gasteiger partial charge in [0.2, 0.25) is 0 Å². The Morgan fingerprint density at radius 3 is 2.31 bits per heavy atom. The van der Waals surface area contributed by atoms with Crippen molar-refractivity contribution in [3.63, 3.8) is 0 Å². The van der Waals surface area contributed by atoms with Gasteiger partial charge in [-0.05, 0) is 45.4 Å². The fourth-order valence-electron chi connectivity index (χ4n) is 2.92. The topological polar surface area (TPSA) is 72.4 Å². The zero-order chi connectivity index (χ0) is 18.5. The summed E-state index contributed by atoms with van der Waals surface area (Å²) in [6.07, 6.45) is 5.43. The number of aromatic nitrogens is 3. The molecule has 130 valence electrons. The minimum absolute atomic E-state index is 0.398. The number of rotatable bonds is 2. The summed E-state index contributed by atoms with van der Waals surface area (Å²) in [5, 5.41) is 13.4. The van der Waals surface area contributed by atoms with E-state index in [0.717, 1.165) is 22.2 Å². The third kappa shape index (κ3) is 2.59. The maximum absolute atomic E-state index is 8.94. The summed E-state index contributed by atoms with van der Waals surface area (Å²) in [5.74, 6) is 0. The first-order valence-corrected chi connectivity index (χ1v) is 8.50. The standard InChI is InChI=1S/C19H19BN4O2/c1-18(2)19(3,4)26-20(25-18)15-10-22-17-16(11-23-24(17)12-15)14-7-5-13(9-21)6-8-14/h5-8,10-12H,1-4H3. The molecule has 6 nitrogen and oxygen atoms in total. The highest BCUT2D eigenvalue weighted by atomic mass is 16.7. The number of nitrogens with zero attached hydrogens (tertiary/aromatic N) is 4. The van der Waals surface area contributed by atoms with Crippen LogP contribution in [-0.4, -0.2) is 32.9 Å². The molecule has 3 aromatic rings. The third-order valence-electron chi connectivity index (χ3n) is 5.23. The molecule has 1 aromatic carbocycles. The normalized spacial score (nSPS) is 18.2. The van der Waals surface area contributed by atoms with Crippen molar-refractivity contribution in [1.29, 1.82) is 5.26 Å². The fraction of sp³-hybridized carbons (Fsp3) is 0.316. The molecule has 0 bridgehead atoms. The zero-order valence-electron chi connectivity index (χ0n) is 15.2. The van der Waals surface area contributed by atoms with Crippen molar-refractivity contribution in [1.82, 2.24) is 14.6 Å². The van der Waals surface area contributed by atoms with Crippen LogP contribution in [-0.2, 0) is 9.31 Å². The molecule has 1 aliphatic heterocycles. The number of fused-ring (bicyclic) bond motifs is 1. The number of hydrogen-bond acceptors (Lipinski definition) is 5. The molecule has 0 aliphatic carbocycles. The van der Waals surface area contributed by atoms with E-state index in [1.165, 1.54) is 0 Å². The summed E-state index contributed by atoms with van der Waals surface area (Å²) in [6, 6.07) is 9.51. The van der Waals surface area contributed by atoms with Gasteiger partial charge in [-0.25, -0.2) is 9.50 Å². The predicted octanol–water partition coefficient (Wildman–Crippen LogP) is 2.57. The molecule has 0 radical (unpaired) electrons. The molecule has 4 rings (SSSR count). The van der Waals surface area contributed by atoms with Crippen molar-refractivity contribution in [2.24, 2.45) is 0 Å². The third-order valence-corrected chi connectivity index (χ3v) is 5.23. The van der Waals surface area contributed by atoms with Gasteiger partial charge in [-0.2, -0.15) is 10.4 Å². The summed E-state index contributed by atoms with van der Waals surface area (Å²) >= 11 is 0. The molecule has 2 aromatic heterocycles. The van der Waals surface area contributed by atoms with Crippen LogP contribution in [0.3, 0.4) is 0 Å². The lowest BCUT2D eigenvalue weighted by molar-refractivity contribution is 0.00578. The van der Waals surface area contributed by atoms with E-state index in [9.17, 15) is 0 Å². The van der Waals surface area contributed by atoms with E-state index in [1.807, 2.05) is 46.0 Å². The minimum atomic E-state index is -0.473. The molecule has 1 aliphatic rings. The monoisotopic (exact) mass is 346 g/mol. The van der Waals surface area contributed by atoms with E-state index in [1.54, 1.807) is 29.0 Å². The van der Waals surface area contributed by atoms with Gasteiger partial charge in [0.05, 0.1) is 29.0 Å². The first-order chi connectivity index (χ1) is 12.3. The van der Waals surface area contributed by atoms with Gasteiger partial charge < -0.3 is 9.31 Å². The molecular weight excluding hydrogens is 327 g/mol. The number of hydrogen-bond donors (Lipinski definition) is 0. The van der Waals surface area contributed by atoms with Crippen LogP contribution in [0.15, 0.2) is 42.9 Å². The molecule has 7 heteroatoms. The molecule has 1 fully saturated rings. The van der Waals surface area contributed by atoms with E-state index >= 15 is 0 Å². The second-order valence-electron chi connectivity index (χ2n) is 7.49. The van der Waals surface area contributed by atoms with Gasteiger partial charge in [-0.1, -0.05) is 12.1 Å². The van der Waals surface area contributed by atoms with Gasteiger partial charge in [0.15, 0.2) is 5.65 Å². The molecule has 0 saturated carbocycles. The Morgan fingerprint density at radius 2 is 1.69 bits per heavy atom. The summed E-state index contributed by atoms with van der Waals surface area (Å²) in [6.45, 7) is 8.09. The largest absolute Gasteiger partial charge is 0.498 e. The van der Waals surface area contributed by atoms with Crippen LogP contribution in [0.5, 0.6) is 0 Å². The van der Waals surface area contributed by atoms with Crippen molar-refractivity contribution in [2.45, 2.75) is 38.9 Å². The smallest absolute Gasteiger partial charge is 0.399 e. The van der Waals surface area contributed by atoms with Crippen LogP contribution in [0.1, 0.15) is 33.3 Å². The van der Waals surface area contributed by atoms with Crippen molar-refractivity contribution >= 4 is 18.2 Å². The molecular formula is C19H19BN4O2. The van der Waals surface area contributed by atoms with E-state index in [4.69, 9.17) is 14.6 Å². The lowest BCUT2D eigenvalue weighted by Crippen LogP contribution is -2.41. The highest BCUT2D eigenvalue weighted by Crippen LogP contribution is 2.36. The van der Waals surface area contributed by atoms with Crippen LogP contribution in [0.25, 0.3) is 16.8 Å². The minimum Gasteiger partial charge on any atom is -0.399 e. The average Bonchev–Trinajstić information content (AvgIpc) is 3.12. The number of nitriles is 1. The maximum Gasteiger partial charge on any atom is 0.498 e. The molecule has 0 unspecified atom stereocenters. The molecule has 0 N–H and O–H groups in total. The SMILES string of the molecule is CC1(C)OB(c2cnc3c(-c4ccc(C#N)cc4)cnn3c2)OC1(C)C. The van der Waals surface area contributed by atoms with Gasteiger partial charge in [-0.15, -0.1) is 0 Å². The Morgan fingerprint density at radius 1 is 1.04 bits per heavy atom. The van der Waals surface area contributed by atoms with Crippen LogP contribution < -0.4 is 5.46 Å². The molecule has 0 amide bonds. The van der Waals surface area contributed by atoms with Crippen LogP contribution in [0.2, 0.25) is 0 Å². The molecule has 26 heavy (non-hydrogen) atoms. The van der Waals surface area contributed by atoms with Gasteiger partial charge in [0, 0.05) is 23.4 Å². The molecule has 0 atom stereocenters. The van der Waals surface area contributed by atoms with Crippen LogP contribution in [0, 0.1) is 11.3 Å². The van der Waals surface area contributed by atoms with Crippen LogP contribution in [0.4, 0.5) is 0 Å².